The van der Waals surface area contributed by atoms with Crippen molar-refractivity contribution < 1.29 is 4.79 Å². The summed E-state index contributed by atoms with van der Waals surface area (Å²) in [4.78, 5) is 16.6. The zero-order valence-corrected chi connectivity index (χ0v) is 16.5. The molecule has 1 aromatic carbocycles. The van der Waals surface area contributed by atoms with Gasteiger partial charge in [0.25, 0.3) is 0 Å². The van der Waals surface area contributed by atoms with Crippen molar-refractivity contribution in [3.05, 3.63) is 66.0 Å². The van der Waals surface area contributed by atoms with Crippen molar-refractivity contribution in [2.45, 2.75) is 51.4 Å². The summed E-state index contributed by atoms with van der Waals surface area (Å²) in [6, 6.07) is 12.1. The average Bonchev–Trinajstić information content (AvgIpc) is 3.35. The lowest BCUT2D eigenvalue weighted by molar-refractivity contribution is -0.121. The van der Waals surface area contributed by atoms with Crippen molar-refractivity contribution in [1.29, 1.82) is 0 Å². The molecule has 1 amide bonds. The first-order valence-corrected chi connectivity index (χ1v) is 10.2. The standard InChI is InChI=1S/C21H27N7O/c29-21(8-7-18-13-19-14-22-10-4-11-28(19)26-18)25-20(17-5-2-1-3-6-17)9-12-27-16-23-15-24-27/h1-3,5-6,13,15-16,20,22H,4,7-12,14H2,(H,25,29). The summed E-state index contributed by atoms with van der Waals surface area (Å²) in [5.74, 6) is 0.0405. The molecule has 2 aromatic heterocycles. The van der Waals surface area contributed by atoms with Crippen molar-refractivity contribution in [1.82, 2.24) is 35.2 Å². The Balaban J connectivity index is 1.34. The highest BCUT2D eigenvalue weighted by molar-refractivity contribution is 5.76. The molecule has 3 heterocycles. The molecule has 1 unspecified atom stereocenters. The molecule has 0 bridgehead atoms. The fourth-order valence-corrected chi connectivity index (χ4v) is 3.67. The first kappa shape index (κ1) is 19.3. The SMILES string of the molecule is O=C(CCc1cc2n(n1)CCCNC2)NC(CCn1cncn1)c1ccccc1. The van der Waals surface area contributed by atoms with Gasteiger partial charge < -0.3 is 10.6 Å². The maximum atomic E-state index is 12.7. The number of carbonyl (C=O) groups is 1. The number of nitrogens with zero attached hydrogens (tertiary/aromatic N) is 5. The van der Waals surface area contributed by atoms with Crippen LogP contribution in [0.1, 0.15) is 42.3 Å². The topological polar surface area (TPSA) is 89.7 Å². The van der Waals surface area contributed by atoms with E-state index in [1.807, 2.05) is 30.3 Å². The number of carbonyl (C=O) groups excluding carboxylic acids is 1. The van der Waals surface area contributed by atoms with Gasteiger partial charge in [-0.25, -0.2) is 4.98 Å². The van der Waals surface area contributed by atoms with Crippen molar-refractivity contribution in [3.63, 3.8) is 0 Å². The minimum absolute atomic E-state index is 0.0405. The van der Waals surface area contributed by atoms with E-state index in [1.165, 1.54) is 12.0 Å². The second kappa shape index (κ2) is 9.47. The van der Waals surface area contributed by atoms with E-state index >= 15 is 0 Å². The summed E-state index contributed by atoms with van der Waals surface area (Å²) in [6.45, 7) is 3.50. The highest BCUT2D eigenvalue weighted by Gasteiger charge is 2.16. The minimum Gasteiger partial charge on any atom is -0.349 e. The summed E-state index contributed by atoms with van der Waals surface area (Å²) in [7, 11) is 0. The van der Waals surface area contributed by atoms with Crippen LogP contribution in [-0.4, -0.2) is 37.0 Å². The molecule has 8 heteroatoms. The molecule has 0 spiro atoms. The van der Waals surface area contributed by atoms with Crippen LogP contribution in [0.4, 0.5) is 0 Å². The first-order chi connectivity index (χ1) is 14.3. The Kier molecular flexibility index (Phi) is 6.31. The minimum atomic E-state index is -0.0594. The number of hydrogen-bond acceptors (Lipinski definition) is 5. The number of aromatic nitrogens is 5. The van der Waals surface area contributed by atoms with Gasteiger partial charge in [0.1, 0.15) is 12.7 Å². The second-order valence-electron chi connectivity index (χ2n) is 7.36. The van der Waals surface area contributed by atoms with Crippen LogP contribution in [0.15, 0.2) is 49.1 Å². The van der Waals surface area contributed by atoms with Crippen LogP contribution in [0, 0.1) is 0 Å². The van der Waals surface area contributed by atoms with E-state index in [-0.39, 0.29) is 11.9 Å². The van der Waals surface area contributed by atoms with Crippen LogP contribution in [0.25, 0.3) is 0 Å². The zero-order valence-electron chi connectivity index (χ0n) is 16.5. The van der Waals surface area contributed by atoms with Gasteiger partial charge in [-0.3, -0.25) is 14.2 Å². The largest absolute Gasteiger partial charge is 0.349 e. The molecule has 0 saturated heterocycles. The summed E-state index contributed by atoms with van der Waals surface area (Å²) < 4.78 is 3.85. The molecule has 2 N–H and O–H groups in total. The summed E-state index contributed by atoms with van der Waals surface area (Å²) in [5, 5.41) is 15.4. The van der Waals surface area contributed by atoms with E-state index in [0.717, 1.165) is 43.7 Å². The van der Waals surface area contributed by atoms with Gasteiger partial charge in [-0.15, -0.1) is 0 Å². The van der Waals surface area contributed by atoms with Crippen molar-refractivity contribution in [2.24, 2.45) is 0 Å². The average molecular weight is 393 g/mol. The third-order valence-corrected chi connectivity index (χ3v) is 5.20. The molecule has 4 rings (SSSR count). The van der Waals surface area contributed by atoms with Crippen LogP contribution in [0.2, 0.25) is 0 Å². The van der Waals surface area contributed by atoms with Crippen LogP contribution < -0.4 is 10.6 Å². The summed E-state index contributed by atoms with van der Waals surface area (Å²) in [6.07, 6.45) is 6.13. The molecule has 8 nitrogen and oxygen atoms in total. The van der Waals surface area contributed by atoms with E-state index in [2.05, 4.69) is 36.6 Å². The third kappa shape index (κ3) is 5.29. The van der Waals surface area contributed by atoms with Gasteiger partial charge in [0.05, 0.1) is 17.4 Å². The molecule has 0 aliphatic carbocycles. The van der Waals surface area contributed by atoms with Crippen LogP contribution in [0.3, 0.4) is 0 Å². The number of amides is 1. The lowest BCUT2D eigenvalue weighted by Gasteiger charge is -2.19. The number of nitrogens with one attached hydrogen (secondary N) is 2. The molecular weight excluding hydrogens is 366 g/mol. The Hall–Kier alpha value is -3.00. The Morgan fingerprint density at radius 2 is 2.17 bits per heavy atom. The highest BCUT2D eigenvalue weighted by Crippen LogP contribution is 2.18. The number of benzene rings is 1. The predicted octanol–water partition coefficient (Wildman–Crippen LogP) is 1.85. The molecule has 29 heavy (non-hydrogen) atoms. The number of aryl methyl sites for hydroxylation is 3. The van der Waals surface area contributed by atoms with Gasteiger partial charge in [0.2, 0.25) is 5.91 Å². The fourth-order valence-electron chi connectivity index (χ4n) is 3.67. The molecule has 1 aliphatic rings. The molecule has 3 aromatic rings. The third-order valence-electron chi connectivity index (χ3n) is 5.20. The van der Waals surface area contributed by atoms with Gasteiger partial charge in [-0.2, -0.15) is 10.2 Å². The van der Waals surface area contributed by atoms with Crippen molar-refractivity contribution in [3.8, 4) is 0 Å². The van der Waals surface area contributed by atoms with Gasteiger partial charge in [0, 0.05) is 32.5 Å². The van der Waals surface area contributed by atoms with Crippen molar-refractivity contribution >= 4 is 5.91 Å². The van der Waals surface area contributed by atoms with Crippen LogP contribution in [-0.2, 0) is 30.8 Å². The van der Waals surface area contributed by atoms with E-state index in [4.69, 9.17) is 0 Å². The molecule has 0 fully saturated rings. The number of fused-ring (bicyclic) bond motifs is 1. The second-order valence-corrected chi connectivity index (χ2v) is 7.36. The van der Waals surface area contributed by atoms with Gasteiger partial charge in [-0.1, -0.05) is 30.3 Å². The lowest BCUT2D eigenvalue weighted by Crippen LogP contribution is -2.29. The number of hydrogen-bond donors (Lipinski definition) is 2. The maximum absolute atomic E-state index is 12.7. The summed E-state index contributed by atoms with van der Waals surface area (Å²) >= 11 is 0. The maximum Gasteiger partial charge on any atom is 0.220 e. The molecule has 0 saturated carbocycles. The van der Waals surface area contributed by atoms with Crippen molar-refractivity contribution in [2.75, 3.05) is 6.54 Å². The Morgan fingerprint density at radius 1 is 1.28 bits per heavy atom. The van der Waals surface area contributed by atoms with E-state index < -0.39 is 0 Å². The van der Waals surface area contributed by atoms with E-state index in [0.29, 0.717) is 19.4 Å². The van der Waals surface area contributed by atoms with Gasteiger partial charge in [0.15, 0.2) is 0 Å². The molecule has 0 radical (unpaired) electrons. The zero-order chi connectivity index (χ0) is 19.9. The van der Waals surface area contributed by atoms with E-state index in [1.54, 1.807) is 11.0 Å². The molecular formula is C21H27N7O. The fraction of sp³-hybridized carbons (Fsp3) is 0.429. The monoisotopic (exact) mass is 393 g/mol. The molecule has 1 atom stereocenters. The van der Waals surface area contributed by atoms with Gasteiger partial charge in [-0.05, 0) is 31.0 Å². The van der Waals surface area contributed by atoms with Crippen LogP contribution in [0.5, 0.6) is 0 Å². The molecule has 1 aliphatic heterocycles. The highest BCUT2D eigenvalue weighted by atomic mass is 16.1. The van der Waals surface area contributed by atoms with Gasteiger partial charge >= 0.3 is 0 Å². The lowest BCUT2D eigenvalue weighted by atomic mass is 10.0. The Morgan fingerprint density at radius 3 is 3.00 bits per heavy atom. The van der Waals surface area contributed by atoms with E-state index in [9.17, 15) is 4.79 Å². The molecule has 152 valence electrons. The quantitative estimate of drug-likeness (QED) is 0.610. The first-order valence-electron chi connectivity index (χ1n) is 10.2. The van der Waals surface area contributed by atoms with Crippen LogP contribution >= 0.6 is 0 Å². The smallest absolute Gasteiger partial charge is 0.220 e. The number of rotatable bonds is 8. The Labute approximate surface area is 170 Å². The predicted molar refractivity (Wildman–Crippen MR) is 109 cm³/mol. The Bertz CT molecular complexity index is 881. The summed E-state index contributed by atoms with van der Waals surface area (Å²) in [5.41, 5.74) is 3.28. The normalized spacial score (nSPS) is 14.8.